The lowest BCUT2D eigenvalue weighted by Gasteiger charge is -2.45. The molecule has 0 N–H and O–H groups in total. The van der Waals surface area contributed by atoms with E-state index in [4.69, 9.17) is 8.83 Å². The second kappa shape index (κ2) is 14.9. The normalized spacial score (nSPS) is 13.7. The Morgan fingerprint density at radius 3 is 1.60 bits per heavy atom. The van der Waals surface area contributed by atoms with Gasteiger partial charge in [0.15, 0.2) is 0 Å². The summed E-state index contributed by atoms with van der Waals surface area (Å²) in [7, 11) is 0. The molecule has 2 aliphatic rings. The molecule has 0 spiro atoms. The van der Waals surface area contributed by atoms with E-state index in [0.29, 0.717) is 0 Å². The van der Waals surface area contributed by atoms with Gasteiger partial charge in [-0.2, -0.15) is 0 Å². The maximum Gasteiger partial charge on any atom is 0.254 e. The van der Waals surface area contributed by atoms with E-state index in [1.54, 1.807) is 0 Å². The van der Waals surface area contributed by atoms with Crippen molar-refractivity contribution in [3.05, 3.63) is 173 Å². The van der Waals surface area contributed by atoms with E-state index in [1.807, 2.05) is 29.5 Å². The van der Waals surface area contributed by atoms with Gasteiger partial charge in [-0.25, -0.2) is 0 Å². The van der Waals surface area contributed by atoms with Crippen molar-refractivity contribution < 1.29 is 8.83 Å². The molecule has 7 aromatic carbocycles. The van der Waals surface area contributed by atoms with Gasteiger partial charge in [-0.05, 0) is 159 Å². The minimum atomic E-state index is -0.142. The molecule has 2 aliphatic heterocycles. The van der Waals surface area contributed by atoms with Crippen LogP contribution in [0.5, 0.6) is 0 Å². The van der Waals surface area contributed by atoms with Crippen LogP contribution < -0.4 is 26.2 Å². The highest BCUT2D eigenvalue weighted by atomic mass is 32.1. The SMILES string of the molecule is Cc1cc(C(C)(C)C)cc(C)c1N1c2cc(C(C)(C)C)cc3c2B(c2cc(-c4cc5ccccc5o4)ccc2N3c2ccc(-c3cc4ccccc4o3)cc2)c2c1sc1ccc(C(C)(C)C)cc21. The van der Waals surface area contributed by atoms with E-state index in [-0.39, 0.29) is 23.0 Å². The molecule has 0 saturated carbocycles. The fourth-order valence-electron chi connectivity index (χ4n) is 10.8. The minimum Gasteiger partial charge on any atom is -0.456 e. The van der Waals surface area contributed by atoms with Crippen molar-refractivity contribution in [1.29, 1.82) is 0 Å². The van der Waals surface area contributed by atoms with Crippen LogP contribution in [0.15, 0.2) is 154 Å². The molecule has 68 heavy (non-hydrogen) atoms. The molecule has 12 rings (SSSR count). The number of rotatable bonds is 4. The van der Waals surface area contributed by atoms with Gasteiger partial charge >= 0.3 is 0 Å². The second-order valence-corrected chi connectivity index (χ2v) is 23.4. The van der Waals surface area contributed by atoms with E-state index in [2.05, 4.69) is 213 Å². The van der Waals surface area contributed by atoms with Crippen LogP contribution in [0.1, 0.15) is 90.1 Å². The Hall–Kier alpha value is -6.76. The number of nitrogens with zero attached hydrogens (tertiary/aromatic N) is 2. The summed E-state index contributed by atoms with van der Waals surface area (Å²) in [6, 6.07) is 54.1. The van der Waals surface area contributed by atoms with Crippen molar-refractivity contribution in [2.24, 2.45) is 0 Å². The zero-order chi connectivity index (χ0) is 47.2. The van der Waals surface area contributed by atoms with Gasteiger partial charge in [0.1, 0.15) is 22.7 Å². The van der Waals surface area contributed by atoms with Gasteiger partial charge in [0.05, 0.1) is 10.7 Å². The maximum atomic E-state index is 6.65. The van der Waals surface area contributed by atoms with Gasteiger partial charge in [-0.3, -0.25) is 0 Å². The van der Waals surface area contributed by atoms with Crippen molar-refractivity contribution >= 4 is 99.9 Å². The molecule has 0 bridgehead atoms. The molecule has 0 aliphatic carbocycles. The molecular formula is C62H57BN2O2S. The molecule has 0 atom stereocenters. The van der Waals surface area contributed by atoms with Gasteiger partial charge in [0.2, 0.25) is 0 Å². The number of hydrogen-bond acceptors (Lipinski definition) is 5. The largest absolute Gasteiger partial charge is 0.456 e. The Morgan fingerprint density at radius 2 is 1.01 bits per heavy atom. The predicted octanol–water partition coefficient (Wildman–Crippen LogP) is 16.3. The van der Waals surface area contributed by atoms with Gasteiger partial charge in [-0.1, -0.05) is 129 Å². The summed E-state index contributed by atoms with van der Waals surface area (Å²) in [5.41, 5.74) is 20.2. The van der Waals surface area contributed by atoms with Crippen LogP contribution >= 0.6 is 11.3 Å². The monoisotopic (exact) mass is 904 g/mol. The molecule has 4 nitrogen and oxygen atoms in total. The van der Waals surface area contributed by atoms with Crippen LogP contribution in [-0.2, 0) is 16.2 Å². The predicted molar refractivity (Wildman–Crippen MR) is 292 cm³/mol. The van der Waals surface area contributed by atoms with Crippen LogP contribution in [0.2, 0.25) is 0 Å². The number of hydrogen-bond donors (Lipinski definition) is 0. The topological polar surface area (TPSA) is 32.8 Å². The number of benzene rings is 7. The summed E-state index contributed by atoms with van der Waals surface area (Å²) >= 11 is 1.94. The molecule has 3 aromatic heterocycles. The van der Waals surface area contributed by atoms with Crippen LogP contribution in [0.4, 0.5) is 33.4 Å². The lowest BCUT2D eigenvalue weighted by atomic mass is 9.33. The molecular weight excluding hydrogens is 848 g/mol. The summed E-state index contributed by atoms with van der Waals surface area (Å²) in [5, 5.41) is 4.82. The maximum absolute atomic E-state index is 6.65. The smallest absolute Gasteiger partial charge is 0.254 e. The first-order chi connectivity index (χ1) is 32.4. The molecule has 0 amide bonds. The molecule has 0 unspecified atom stereocenters. The third-order valence-corrected chi connectivity index (χ3v) is 15.7. The first kappa shape index (κ1) is 42.6. The zero-order valence-electron chi connectivity index (χ0n) is 41.1. The molecule has 6 heteroatoms. The van der Waals surface area contributed by atoms with Gasteiger partial charge in [0.25, 0.3) is 6.71 Å². The highest BCUT2D eigenvalue weighted by Gasteiger charge is 2.47. The van der Waals surface area contributed by atoms with Gasteiger partial charge in [-0.15, -0.1) is 11.3 Å². The minimum absolute atomic E-state index is 0.0141. The lowest BCUT2D eigenvalue weighted by Crippen LogP contribution is -2.61. The summed E-state index contributed by atoms with van der Waals surface area (Å²) in [4.78, 5) is 5.20. The zero-order valence-corrected chi connectivity index (χ0v) is 41.9. The van der Waals surface area contributed by atoms with E-state index in [9.17, 15) is 0 Å². The number of thiophene rings is 1. The Labute approximate surface area is 404 Å². The fourth-order valence-corrected chi connectivity index (χ4v) is 12.1. The number of anilines is 6. The summed E-state index contributed by atoms with van der Waals surface area (Å²) in [6.45, 7) is 25.6. The van der Waals surface area contributed by atoms with E-state index in [0.717, 1.165) is 50.3 Å². The van der Waals surface area contributed by atoms with Crippen molar-refractivity contribution in [3.8, 4) is 22.6 Å². The second-order valence-electron chi connectivity index (χ2n) is 22.4. The molecule has 0 fully saturated rings. The van der Waals surface area contributed by atoms with Crippen LogP contribution in [0.25, 0.3) is 54.7 Å². The first-order valence-corrected chi connectivity index (χ1v) is 24.9. The van der Waals surface area contributed by atoms with E-state index >= 15 is 0 Å². The summed E-state index contributed by atoms with van der Waals surface area (Å²) in [6.07, 6.45) is 0. The molecule has 0 radical (unpaired) electrons. The van der Waals surface area contributed by atoms with Crippen molar-refractivity contribution in [2.75, 3.05) is 9.80 Å². The highest BCUT2D eigenvalue weighted by Crippen LogP contribution is 2.51. The van der Waals surface area contributed by atoms with Crippen molar-refractivity contribution in [1.82, 2.24) is 0 Å². The Bertz CT molecular complexity index is 3590. The van der Waals surface area contributed by atoms with Crippen LogP contribution in [0, 0.1) is 13.8 Å². The first-order valence-electron chi connectivity index (χ1n) is 24.1. The molecule has 10 aromatic rings. The molecule has 5 heterocycles. The number of furan rings is 2. The molecule has 0 saturated heterocycles. The third-order valence-electron chi connectivity index (χ3n) is 14.5. The Kier molecular flexibility index (Phi) is 9.31. The van der Waals surface area contributed by atoms with Gasteiger partial charge < -0.3 is 18.6 Å². The average molecular weight is 905 g/mol. The third kappa shape index (κ3) is 6.70. The fraction of sp³-hybridized carbons (Fsp3) is 0.226. The quantitative estimate of drug-likeness (QED) is 0.165. The van der Waals surface area contributed by atoms with Crippen LogP contribution in [0.3, 0.4) is 0 Å². The summed E-state index contributed by atoms with van der Waals surface area (Å²) in [5.74, 6) is 1.74. The number of aryl methyl sites for hydroxylation is 2. The van der Waals surface area contributed by atoms with E-state index < -0.39 is 0 Å². The highest BCUT2D eigenvalue weighted by molar-refractivity contribution is 7.26. The van der Waals surface area contributed by atoms with Crippen LogP contribution in [-0.4, -0.2) is 6.71 Å². The van der Waals surface area contributed by atoms with Crippen molar-refractivity contribution in [2.45, 2.75) is 92.4 Å². The van der Waals surface area contributed by atoms with E-state index in [1.165, 1.54) is 82.0 Å². The number of para-hydroxylation sites is 2. The number of fused-ring (bicyclic) bond motifs is 8. The average Bonchev–Trinajstić information content (AvgIpc) is 4.04. The Morgan fingerprint density at radius 1 is 0.471 bits per heavy atom. The molecule has 336 valence electrons. The van der Waals surface area contributed by atoms with Gasteiger partial charge in [0, 0.05) is 49.3 Å². The summed E-state index contributed by atoms with van der Waals surface area (Å²) < 4.78 is 14.3. The Balaban J connectivity index is 1.18. The standard InChI is InChI=1S/C62H57BN2O2S/c1-36-28-43(61(6,7)8)29-37(2)58(36)65-50-35-44(62(9,10)11)34-49-57(50)63(56-46-33-42(60(3,4)5)23-27-55(46)68-59(56)65)47-30-41(54-32-40-17-13-15-19-52(40)67-54)22-26-48(47)64(49)45-24-20-38(21-25-45)53-31-39-16-12-14-18-51(39)66-53/h12-35H,1-11H3. The van der Waals surface area contributed by atoms with Crippen molar-refractivity contribution in [3.63, 3.8) is 0 Å². The lowest BCUT2D eigenvalue weighted by molar-refractivity contribution is 0.589.